The van der Waals surface area contributed by atoms with Crippen LogP contribution in [-0.2, 0) is 9.59 Å². The first kappa shape index (κ1) is 17.4. The van der Waals surface area contributed by atoms with Gasteiger partial charge in [0, 0.05) is 11.9 Å². The number of hydrogen-bond donors (Lipinski definition) is 2. The molecule has 4 rings (SSSR count). The van der Waals surface area contributed by atoms with E-state index in [4.69, 9.17) is 11.6 Å². The quantitative estimate of drug-likeness (QED) is 0.529. The standard InChI is InChI=1S/C17H13BrClFN4O2/c1-2-11(25)24-15-8-5-9(19)12(18)13(20)14(8)22-6-10(15)23-16(26)17(24)3-4-21-7-17/h2,5-6,21H,1,3-4,7H2,(H,23,26). The van der Waals surface area contributed by atoms with Crippen LogP contribution >= 0.6 is 27.5 Å². The summed E-state index contributed by atoms with van der Waals surface area (Å²) in [7, 11) is 0. The highest BCUT2D eigenvalue weighted by molar-refractivity contribution is 9.10. The molecule has 26 heavy (non-hydrogen) atoms. The van der Waals surface area contributed by atoms with Crippen molar-refractivity contribution >= 4 is 61.6 Å². The Morgan fingerprint density at radius 3 is 2.96 bits per heavy atom. The van der Waals surface area contributed by atoms with E-state index < -0.39 is 17.3 Å². The van der Waals surface area contributed by atoms with Gasteiger partial charge in [0.25, 0.3) is 11.8 Å². The van der Waals surface area contributed by atoms with E-state index in [0.717, 1.165) is 6.08 Å². The number of pyridine rings is 1. The molecule has 2 aliphatic heterocycles. The number of anilines is 2. The van der Waals surface area contributed by atoms with Gasteiger partial charge in [-0.2, -0.15) is 0 Å². The average molecular weight is 440 g/mol. The van der Waals surface area contributed by atoms with Gasteiger partial charge in [0.1, 0.15) is 11.1 Å². The summed E-state index contributed by atoms with van der Waals surface area (Å²) < 4.78 is 14.8. The van der Waals surface area contributed by atoms with Crippen LogP contribution in [0.4, 0.5) is 15.8 Å². The molecular formula is C17H13BrClFN4O2. The second-order valence-electron chi connectivity index (χ2n) is 6.19. The summed E-state index contributed by atoms with van der Waals surface area (Å²) in [6.45, 7) is 4.41. The van der Waals surface area contributed by atoms with Crippen molar-refractivity contribution in [2.75, 3.05) is 23.3 Å². The van der Waals surface area contributed by atoms with Crippen LogP contribution in [-0.4, -0.2) is 35.4 Å². The summed E-state index contributed by atoms with van der Waals surface area (Å²) in [5.41, 5.74) is -0.355. The molecular weight excluding hydrogens is 427 g/mol. The van der Waals surface area contributed by atoms with E-state index in [1.165, 1.54) is 17.2 Å². The topological polar surface area (TPSA) is 74.3 Å². The second kappa shape index (κ2) is 6.00. The maximum absolute atomic E-state index is 14.7. The number of aromatic nitrogens is 1. The summed E-state index contributed by atoms with van der Waals surface area (Å²) >= 11 is 9.24. The van der Waals surface area contributed by atoms with Crippen LogP contribution in [0.3, 0.4) is 0 Å². The van der Waals surface area contributed by atoms with Gasteiger partial charge in [-0.25, -0.2) is 4.39 Å². The molecule has 0 aliphatic carbocycles. The number of amides is 2. The third kappa shape index (κ3) is 2.22. The number of nitrogens with zero attached hydrogens (tertiary/aromatic N) is 2. The Labute approximate surface area is 161 Å². The molecule has 9 heteroatoms. The van der Waals surface area contributed by atoms with Crippen LogP contribution in [0.15, 0.2) is 29.4 Å². The highest BCUT2D eigenvalue weighted by Gasteiger charge is 2.52. The van der Waals surface area contributed by atoms with Gasteiger partial charge in [-0.1, -0.05) is 18.2 Å². The normalized spacial score (nSPS) is 21.8. The Morgan fingerprint density at radius 2 is 2.31 bits per heavy atom. The molecule has 1 spiro atoms. The van der Waals surface area contributed by atoms with Gasteiger partial charge in [0.2, 0.25) is 0 Å². The van der Waals surface area contributed by atoms with Crippen LogP contribution in [0.2, 0.25) is 5.02 Å². The zero-order chi connectivity index (χ0) is 18.6. The van der Waals surface area contributed by atoms with E-state index in [1.54, 1.807) is 0 Å². The molecule has 1 atom stereocenters. The SMILES string of the molecule is C=CC(=O)N1c2c(cnc3c(F)c(Br)c(Cl)cc23)NC(=O)C12CCNC2. The number of benzene rings is 1. The molecule has 1 fully saturated rings. The van der Waals surface area contributed by atoms with Crippen molar-refractivity contribution < 1.29 is 14.0 Å². The molecule has 2 amide bonds. The molecule has 2 N–H and O–H groups in total. The lowest BCUT2D eigenvalue weighted by molar-refractivity contribution is -0.125. The fourth-order valence-electron chi connectivity index (χ4n) is 3.59. The van der Waals surface area contributed by atoms with E-state index in [0.29, 0.717) is 29.7 Å². The van der Waals surface area contributed by atoms with Gasteiger partial charge < -0.3 is 10.6 Å². The van der Waals surface area contributed by atoms with Gasteiger partial charge in [-0.05, 0) is 41.0 Å². The first-order chi connectivity index (χ1) is 12.4. The van der Waals surface area contributed by atoms with Gasteiger partial charge >= 0.3 is 0 Å². The fraction of sp³-hybridized carbons (Fsp3) is 0.235. The lowest BCUT2D eigenvalue weighted by Gasteiger charge is -2.43. The Morgan fingerprint density at radius 1 is 1.54 bits per heavy atom. The van der Waals surface area contributed by atoms with Crippen LogP contribution in [0.25, 0.3) is 10.9 Å². The molecule has 1 saturated heterocycles. The van der Waals surface area contributed by atoms with Crippen molar-refractivity contribution in [2.45, 2.75) is 12.0 Å². The zero-order valence-corrected chi connectivity index (χ0v) is 15.7. The highest BCUT2D eigenvalue weighted by Crippen LogP contribution is 2.45. The first-order valence-corrected chi connectivity index (χ1v) is 9.03. The summed E-state index contributed by atoms with van der Waals surface area (Å²) in [6.07, 6.45) is 2.91. The van der Waals surface area contributed by atoms with Crippen molar-refractivity contribution in [3.8, 4) is 0 Å². The van der Waals surface area contributed by atoms with E-state index >= 15 is 0 Å². The molecule has 134 valence electrons. The van der Waals surface area contributed by atoms with Crippen LogP contribution in [0.5, 0.6) is 0 Å². The molecule has 1 unspecified atom stereocenters. The molecule has 2 aromatic rings. The Hall–Kier alpha value is -2.03. The second-order valence-corrected chi connectivity index (χ2v) is 7.39. The number of halogens is 3. The zero-order valence-electron chi connectivity index (χ0n) is 13.4. The Balaban J connectivity index is 2.10. The lowest BCUT2D eigenvalue weighted by Crippen LogP contribution is -2.63. The van der Waals surface area contributed by atoms with E-state index in [2.05, 4.69) is 38.1 Å². The largest absolute Gasteiger partial charge is 0.321 e. The summed E-state index contributed by atoms with van der Waals surface area (Å²) in [4.78, 5) is 31.1. The number of nitrogens with one attached hydrogen (secondary N) is 2. The van der Waals surface area contributed by atoms with Crippen molar-refractivity contribution in [3.63, 3.8) is 0 Å². The maximum Gasteiger partial charge on any atom is 0.252 e. The predicted molar refractivity (Wildman–Crippen MR) is 101 cm³/mol. The first-order valence-electron chi connectivity index (χ1n) is 7.85. The van der Waals surface area contributed by atoms with Crippen LogP contribution < -0.4 is 15.5 Å². The molecule has 1 aromatic carbocycles. The predicted octanol–water partition coefficient (Wildman–Crippen LogP) is 2.99. The van der Waals surface area contributed by atoms with Gasteiger partial charge in [0.15, 0.2) is 5.82 Å². The third-order valence-electron chi connectivity index (χ3n) is 4.82. The molecule has 1 aromatic heterocycles. The smallest absolute Gasteiger partial charge is 0.252 e. The minimum absolute atomic E-state index is 0.0548. The van der Waals surface area contributed by atoms with Crippen molar-refractivity contribution in [2.24, 2.45) is 0 Å². The van der Waals surface area contributed by atoms with Crippen molar-refractivity contribution in [1.29, 1.82) is 0 Å². The summed E-state index contributed by atoms with van der Waals surface area (Å²) in [6, 6.07) is 1.53. The van der Waals surface area contributed by atoms with Gasteiger partial charge in [-0.3, -0.25) is 19.5 Å². The van der Waals surface area contributed by atoms with Gasteiger partial charge in [-0.15, -0.1) is 0 Å². The number of fused-ring (bicyclic) bond motifs is 3. The molecule has 0 saturated carbocycles. The Bertz CT molecular complexity index is 991. The van der Waals surface area contributed by atoms with E-state index in [9.17, 15) is 14.0 Å². The average Bonchev–Trinajstić information content (AvgIpc) is 3.11. The molecule has 0 radical (unpaired) electrons. The van der Waals surface area contributed by atoms with Crippen LogP contribution in [0, 0.1) is 5.82 Å². The van der Waals surface area contributed by atoms with Crippen molar-refractivity contribution in [3.05, 3.63) is 40.2 Å². The number of carbonyl (C=O) groups excluding carboxylic acids is 2. The van der Waals surface area contributed by atoms with Crippen LogP contribution in [0.1, 0.15) is 6.42 Å². The number of rotatable bonds is 1. The molecule has 0 bridgehead atoms. The number of hydrogen-bond acceptors (Lipinski definition) is 4. The van der Waals surface area contributed by atoms with Gasteiger partial charge in [0.05, 0.1) is 27.1 Å². The summed E-state index contributed by atoms with van der Waals surface area (Å²) in [5, 5.41) is 6.41. The minimum atomic E-state index is -1.11. The van der Waals surface area contributed by atoms with Crippen molar-refractivity contribution in [1.82, 2.24) is 10.3 Å². The van der Waals surface area contributed by atoms with E-state index in [1.807, 2.05) is 0 Å². The van der Waals surface area contributed by atoms with E-state index in [-0.39, 0.29) is 27.5 Å². The molecule has 2 aliphatic rings. The summed E-state index contributed by atoms with van der Waals surface area (Å²) in [5.74, 6) is -1.39. The monoisotopic (exact) mass is 438 g/mol. The fourth-order valence-corrected chi connectivity index (χ4v) is 4.08. The third-order valence-corrected chi connectivity index (χ3v) is 6.12. The maximum atomic E-state index is 14.7. The highest BCUT2D eigenvalue weighted by atomic mass is 79.9. The minimum Gasteiger partial charge on any atom is -0.321 e. The number of carbonyl (C=O) groups is 2. The molecule has 3 heterocycles. The molecule has 6 nitrogen and oxygen atoms in total. The lowest BCUT2D eigenvalue weighted by atomic mass is 9.90. The Kier molecular flexibility index (Phi) is 4.02.